The van der Waals surface area contributed by atoms with E-state index in [0.29, 0.717) is 12.2 Å². The quantitative estimate of drug-likeness (QED) is 0.927. The fourth-order valence-electron chi connectivity index (χ4n) is 1.71. The summed E-state index contributed by atoms with van der Waals surface area (Å²) in [5.74, 6) is -0.0953. The third-order valence-corrected chi connectivity index (χ3v) is 3.27. The van der Waals surface area contributed by atoms with Crippen LogP contribution in [0.2, 0.25) is 0 Å². The minimum atomic E-state index is -0.808. The fraction of sp³-hybridized carbons (Fsp3) is 0.462. The van der Waals surface area contributed by atoms with Crippen LogP contribution in [0.1, 0.15) is 25.0 Å². The van der Waals surface area contributed by atoms with Gasteiger partial charge in [0.2, 0.25) is 0 Å². The lowest BCUT2D eigenvalue weighted by atomic mass is 9.85. The Balaban J connectivity index is 3.18. The molecule has 0 aromatic heterocycles. The Kier molecular flexibility index (Phi) is 4.20. The zero-order valence-electron chi connectivity index (χ0n) is 10.5. The molecule has 4 heteroatoms. The van der Waals surface area contributed by atoms with Gasteiger partial charge in [-0.1, -0.05) is 6.07 Å². The summed E-state index contributed by atoms with van der Waals surface area (Å²) in [7, 11) is 1.59. The molecule has 0 aliphatic heterocycles. The summed E-state index contributed by atoms with van der Waals surface area (Å²) in [5.41, 5.74) is 1.18. The average Bonchev–Trinajstić information content (AvgIpc) is 2.15. The number of carbonyl (C=O) groups is 1. The van der Waals surface area contributed by atoms with Crippen molar-refractivity contribution in [2.45, 2.75) is 27.2 Å². The molecule has 0 heterocycles. The second-order valence-corrected chi connectivity index (χ2v) is 5.66. The Hall–Kier alpha value is -1.03. The topological polar surface area (TPSA) is 46.5 Å². The number of rotatable bonds is 4. The zero-order chi connectivity index (χ0) is 13.2. The first kappa shape index (κ1) is 14.0. The van der Waals surface area contributed by atoms with Gasteiger partial charge in [-0.3, -0.25) is 4.79 Å². The van der Waals surface area contributed by atoms with Gasteiger partial charge in [-0.25, -0.2) is 0 Å². The molecule has 0 unspecified atom stereocenters. The molecule has 1 N–H and O–H groups in total. The molecular weight excluding hydrogens is 284 g/mol. The normalized spacial score (nSPS) is 11.4. The summed E-state index contributed by atoms with van der Waals surface area (Å²) in [4.78, 5) is 11.1. The maximum atomic E-state index is 11.1. The van der Waals surface area contributed by atoms with Gasteiger partial charge in [-0.05, 0) is 60.3 Å². The van der Waals surface area contributed by atoms with E-state index in [2.05, 4.69) is 15.9 Å². The molecule has 0 radical (unpaired) electrons. The van der Waals surface area contributed by atoms with E-state index in [4.69, 9.17) is 9.84 Å². The van der Waals surface area contributed by atoms with Gasteiger partial charge in [0.15, 0.2) is 0 Å². The highest BCUT2D eigenvalue weighted by Crippen LogP contribution is 2.34. The van der Waals surface area contributed by atoms with Gasteiger partial charge in [0.1, 0.15) is 5.75 Å². The number of aryl methyl sites for hydroxylation is 1. The minimum absolute atomic E-state index is 0.436. The average molecular weight is 301 g/mol. The van der Waals surface area contributed by atoms with Crippen molar-refractivity contribution < 1.29 is 14.6 Å². The maximum Gasteiger partial charge on any atom is 0.309 e. The van der Waals surface area contributed by atoms with Crippen LogP contribution < -0.4 is 4.74 Å². The van der Waals surface area contributed by atoms with Crippen molar-refractivity contribution in [1.82, 2.24) is 0 Å². The molecule has 0 bridgehead atoms. The molecule has 0 aliphatic rings. The van der Waals surface area contributed by atoms with Gasteiger partial charge >= 0.3 is 5.97 Å². The summed E-state index contributed by atoms with van der Waals surface area (Å²) in [6.45, 7) is 5.40. The van der Waals surface area contributed by atoms with Gasteiger partial charge in [0, 0.05) is 0 Å². The van der Waals surface area contributed by atoms with E-state index >= 15 is 0 Å². The van der Waals surface area contributed by atoms with E-state index in [1.54, 1.807) is 21.0 Å². The number of methoxy groups -OCH3 is 1. The first-order valence-electron chi connectivity index (χ1n) is 5.34. The molecule has 1 aromatic carbocycles. The third kappa shape index (κ3) is 3.22. The highest BCUT2D eigenvalue weighted by Gasteiger charge is 2.29. The van der Waals surface area contributed by atoms with E-state index in [1.807, 2.05) is 19.1 Å². The lowest BCUT2D eigenvalue weighted by Crippen LogP contribution is -2.26. The van der Waals surface area contributed by atoms with Crippen LogP contribution in [-0.2, 0) is 11.2 Å². The summed E-state index contributed by atoms with van der Waals surface area (Å²) in [5, 5.41) is 9.15. The number of carboxylic acids is 1. The molecule has 0 saturated carbocycles. The van der Waals surface area contributed by atoms with E-state index in [1.165, 1.54) is 0 Å². The number of hydrogen-bond acceptors (Lipinski definition) is 2. The van der Waals surface area contributed by atoms with Crippen molar-refractivity contribution >= 4 is 21.9 Å². The molecule has 0 spiro atoms. The summed E-state index contributed by atoms with van der Waals surface area (Å²) in [6, 6.07) is 3.92. The second kappa shape index (κ2) is 5.08. The van der Waals surface area contributed by atoms with Gasteiger partial charge in [0.05, 0.1) is 17.0 Å². The monoisotopic (exact) mass is 300 g/mol. The van der Waals surface area contributed by atoms with Crippen molar-refractivity contribution in [2.75, 3.05) is 7.11 Å². The molecule has 1 rings (SSSR count). The van der Waals surface area contributed by atoms with Gasteiger partial charge < -0.3 is 9.84 Å². The predicted octanol–water partition coefficient (Wildman–Crippen LogP) is 3.42. The number of aliphatic carboxylic acids is 1. The summed E-state index contributed by atoms with van der Waals surface area (Å²) < 4.78 is 6.17. The van der Waals surface area contributed by atoms with Crippen molar-refractivity contribution in [3.05, 3.63) is 27.7 Å². The van der Waals surface area contributed by atoms with Gasteiger partial charge in [0.25, 0.3) is 0 Å². The standard InChI is InChI=1S/C13H17BrO3/c1-8-5-9(7-13(2,3)12(15)16)11(17-4)10(14)6-8/h5-6H,7H2,1-4H3,(H,15,16). The van der Waals surface area contributed by atoms with Crippen LogP contribution in [0.4, 0.5) is 0 Å². The Morgan fingerprint density at radius 3 is 2.53 bits per heavy atom. The Morgan fingerprint density at radius 1 is 1.47 bits per heavy atom. The highest BCUT2D eigenvalue weighted by molar-refractivity contribution is 9.10. The smallest absolute Gasteiger partial charge is 0.309 e. The largest absolute Gasteiger partial charge is 0.495 e. The minimum Gasteiger partial charge on any atom is -0.495 e. The molecule has 0 saturated heterocycles. The van der Waals surface area contributed by atoms with E-state index in [0.717, 1.165) is 15.6 Å². The van der Waals surface area contributed by atoms with E-state index < -0.39 is 11.4 Å². The third-order valence-electron chi connectivity index (χ3n) is 2.68. The Labute approximate surface area is 110 Å². The van der Waals surface area contributed by atoms with Gasteiger partial charge in [-0.2, -0.15) is 0 Å². The molecule has 1 aromatic rings. The number of ether oxygens (including phenoxy) is 1. The number of benzene rings is 1. The summed E-state index contributed by atoms with van der Waals surface area (Å²) in [6.07, 6.45) is 0.436. The van der Waals surface area contributed by atoms with Crippen LogP contribution in [0.5, 0.6) is 5.75 Å². The van der Waals surface area contributed by atoms with E-state index in [-0.39, 0.29) is 0 Å². The molecular formula is C13H17BrO3. The molecule has 0 fully saturated rings. The van der Waals surface area contributed by atoms with Crippen LogP contribution in [0.25, 0.3) is 0 Å². The first-order valence-corrected chi connectivity index (χ1v) is 6.13. The highest BCUT2D eigenvalue weighted by atomic mass is 79.9. The SMILES string of the molecule is COc1c(Br)cc(C)cc1CC(C)(C)C(=O)O. The summed E-state index contributed by atoms with van der Waals surface area (Å²) >= 11 is 3.43. The molecule has 94 valence electrons. The van der Waals surface area contributed by atoms with Crippen LogP contribution in [0, 0.1) is 12.3 Å². The molecule has 0 amide bonds. The number of halogens is 1. The molecule has 3 nitrogen and oxygen atoms in total. The van der Waals surface area contributed by atoms with Crippen molar-refractivity contribution in [1.29, 1.82) is 0 Å². The van der Waals surface area contributed by atoms with E-state index in [9.17, 15) is 4.79 Å². The van der Waals surface area contributed by atoms with Crippen molar-refractivity contribution in [3.63, 3.8) is 0 Å². The first-order chi connectivity index (χ1) is 7.77. The number of carboxylic acid groups (broad SMARTS) is 1. The second-order valence-electron chi connectivity index (χ2n) is 4.80. The zero-order valence-corrected chi connectivity index (χ0v) is 12.1. The van der Waals surface area contributed by atoms with Crippen LogP contribution in [0.15, 0.2) is 16.6 Å². The Morgan fingerprint density at radius 2 is 2.06 bits per heavy atom. The Bertz CT molecular complexity index is 439. The fourth-order valence-corrected chi connectivity index (χ4v) is 2.49. The van der Waals surface area contributed by atoms with Crippen molar-refractivity contribution in [3.8, 4) is 5.75 Å². The predicted molar refractivity (Wildman–Crippen MR) is 70.6 cm³/mol. The number of hydrogen-bond donors (Lipinski definition) is 1. The van der Waals surface area contributed by atoms with Crippen LogP contribution in [0.3, 0.4) is 0 Å². The lowest BCUT2D eigenvalue weighted by Gasteiger charge is -2.21. The molecule has 0 atom stereocenters. The lowest BCUT2D eigenvalue weighted by molar-refractivity contribution is -0.146. The van der Waals surface area contributed by atoms with Crippen LogP contribution >= 0.6 is 15.9 Å². The maximum absolute atomic E-state index is 11.1. The molecule has 0 aliphatic carbocycles. The van der Waals surface area contributed by atoms with Crippen molar-refractivity contribution in [2.24, 2.45) is 5.41 Å². The molecule has 17 heavy (non-hydrogen) atoms. The van der Waals surface area contributed by atoms with Gasteiger partial charge in [-0.15, -0.1) is 0 Å². The van der Waals surface area contributed by atoms with Crippen LogP contribution in [-0.4, -0.2) is 18.2 Å².